The molecule has 2 unspecified atom stereocenters. The van der Waals surface area contributed by atoms with E-state index in [9.17, 15) is 23.2 Å². The first-order valence-corrected chi connectivity index (χ1v) is 10.8. The molecule has 3 aromatic rings. The number of alkyl halides is 4. The molecule has 0 aliphatic heterocycles. The van der Waals surface area contributed by atoms with Gasteiger partial charge in [0.2, 0.25) is 11.0 Å². The van der Waals surface area contributed by atoms with E-state index in [0.717, 1.165) is 24.3 Å². The van der Waals surface area contributed by atoms with Crippen LogP contribution < -0.4 is 9.59 Å². The number of anilines is 1. The maximum absolute atomic E-state index is 15.2. The summed E-state index contributed by atoms with van der Waals surface area (Å²) >= 11 is 18.5. The smallest absolute Gasteiger partial charge is 0.292 e. The van der Waals surface area contributed by atoms with Crippen molar-refractivity contribution in [3.05, 3.63) is 81.6 Å². The molecule has 1 aromatic heterocycles. The van der Waals surface area contributed by atoms with Crippen LogP contribution in [0.3, 0.4) is 0 Å². The number of nitrogens with zero attached hydrogens (tertiary/aromatic N) is 3. The van der Waals surface area contributed by atoms with Gasteiger partial charge in [-0.25, -0.2) is 14.4 Å². The lowest BCUT2D eigenvalue weighted by Crippen LogP contribution is -2.43. The zero-order valence-corrected chi connectivity index (χ0v) is 20.0. The number of para-hydroxylation sites is 1. The lowest BCUT2D eigenvalue weighted by atomic mass is 10.0. The fraction of sp³-hybridized carbons (Fsp3) is 0.105. The van der Waals surface area contributed by atoms with Gasteiger partial charge in [0.15, 0.2) is 11.6 Å². The zero-order chi connectivity index (χ0) is 24.6. The third-order valence-electron chi connectivity index (χ3n) is 4.28. The SMILES string of the molecule is O=C(c1cccc(N[N+](O)(S)c2c(Cl)cccc2C(F)(F)F)c1F)C(Br)c1ccnc(Cl)n1. The number of rotatable bonds is 6. The summed E-state index contributed by atoms with van der Waals surface area (Å²) in [5.41, 5.74) is -0.872. The summed E-state index contributed by atoms with van der Waals surface area (Å²) in [4.78, 5) is 19.3. The topological polar surface area (TPSA) is 75.1 Å². The van der Waals surface area contributed by atoms with Crippen molar-refractivity contribution in [3.8, 4) is 0 Å². The molecule has 1 heterocycles. The maximum atomic E-state index is 15.2. The van der Waals surface area contributed by atoms with Crippen LogP contribution in [0, 0.1) is 5.82 Å². The lowest BCUT2D eigenvalue weighted by Gasteiger charge is -2.26. The monoisotopic (exact) mass is 585 g/mol. The van der Waals surface area contributed by atoms with E-state index in [-0.39, 0.29) is 11.0 Å². The van der Waals surface area contributed by atoms with Crippen LogP contribution in [0.25, 0.3) is 0 Å². The Morgan fingerprint density at radius 2 is 1.85 bits per heavy atom. The van der Waals surface area contributed by atoms with E-state index in [0.29, 0.717) is 6.07 Å². The first-order chi connectivity index (χ1) is 15.3. The normalized spacial score (nSPS) is 14.5. The number of halogens is 7. The second kappa shape index (κ2) is 9.72. The predicted molar refractivity (Wildman–Crippen MR) is 122 cm³/mol. The molecular formula is C19H12BrCl2F4N4O2S+. The van der Waals surface area contributed by atoms with Crippen LogP contribution in [0.5, 0.6) is 0 Å². The zero-order valence-electron chi connectivity index (χ0n) is 16.0. The molecule has 6 nitrogen and oxygen atoms in total. The molecule has 174 valence electrons. The molecule has 0 saturated heterocycles. The molecule has 0 amide bonds. The Morgan fingerprint density at radius 1 is 1.18 bits per heavy atom. The summed E-state index contributed by atoms with van der Waals surface area (Å²) in [7, 11) is 0. The number of hydrogen-bond donors (Lipinski definition) is 3. The van der Waals surface area contributed by atoms with Crippen LogP contribution in [-0.2, 0) is 6.18 Å². The summed E-state index contributed by atoms with van der Waals surface area (Å²) in [6.07, 6.45) is -3.59. The highest BCUT2D eigenvalue weighted by Crippen LogP contribution is 2.44. The van der Waals surface area contributed by atoms with Crippen molar-refractivity contribution in [3.63, 3.8) is 0 Å². The minimum atomic E-state index is -4.89. The maximum Gasteiger partial charge on any atom is 0.422 e. The van der Waals surface area contributed by atoms with E-state index in [4.69, 9.17) is 23.2 Å². The Bertz CT molecular complexity index is 1220. The largest absolute Gasteiger partial charge is 0.422 e. The van der Waals surface area contributed by atoms with E-state index in [1.54, 1.807) is 0 Å². The number of carbonyl (C=O) groups excluding carboxylic acids is 1. The van der Waals surface area contributed by atoms with Crippen molar-refractivity contribution < 1.29 is 27.6 Å². The molecule has 33 heavy (non-hydrogen) atoms. The van der Waals surface area contributed by atoms with Gasteiger partial charge in [0.1, 0.15) is 33.9 Å². The fourth-order valence-electron chi connectivity index (χ4n) is 2.85. The molecule has 3 rings (SSSR count). The molecule has 0 radical (unpaired) electrons. The van der Waals surface area contributed by atoms with E-state index in [1.165, 1.54) is 18.3 Å². The first-order valence-electron chi connectivity index (χ1n) is 8.77. The second-order valence-electron chi connectivity index (χ2n) is 6.49. The molecule has 0 saturated carbocycles. The molecule has 14 heteroatoms. The molecule has 2 N–H and O–H groups in total. The van der Waals surface area contributed by atoms with Crippen LogP contribution in [0.2, 0.25) is 10.3 Å². The minimum absolute atomic E-state index is 0.127. The van der Waals surface area contributed by atoms with Gasteiger partial charge < -0.3 is 0 Å². The van der Waals surface area contributed by atoms with E-state index >= 15 is 4.39 Å². The third kappa shape index (κ3) is 5.58. The number of ketones is 1. The Kier molecular flexibility index (Phi) is 7.56. The van der Waals surface area contributed by atoms with Gasteiger partial charge in [-0.3, -0.25) is 4.79 Å². The molecule has 0 aliphatic carbocycles. The van der Waals surface area contributed by atoms with Crippen LogP contribution in [0.4, 0.5) is 28.9 Å². The average molecular weight is 587 g/mol. The van der Waals surface area contributed by atoms with Crippen LogP contribution >= 0.6 is 51.9 Å². The highest BCUT2D eigenvalue weighted by Gasteiger charge is 2.44. The summed E-state index contributed by atoms with van der Waals surface area (Å²) in [6.45, 7) is 0. The van der Waals surface area contributed by atoms with E-state index in [2.05, 4.69) is 44.1 Å². The van der Waals surface area contributed by atoms with Gasteiger partial charge >= 0.3 is 6.18 Å². The summed E-state index contributed by atoms with van der Waals surface area (Å²) in [6, 6.07) is 7.73. The Labute approximate surface area is 208 Å². The van der Waals surface area contributed by atoms with Crippen molar-refractivity contribution in [1.29, 1.82) is 0 Å². The Balaban J connectivity index is 1.99. The van der Waals surface area contributed by atoms with Gasteiger partial charge in [0, 0.05) is 10.4 Å². The predicted octanol–water partition coefficient (Wildman–Crippen LogP) is 6.83. The van der Waals surface area contributed by atoms with Crippen LogP contribution in [-0.4, -0.2) is 21.0 Å². The summed E-state index contributed by atoms with van der Waals surface area (Å²) < 4.78 is 53.6. The van der Waals surface area contributed by atoms with Crippen molar-refractivity contribution in [2.75, 3.05) is 5.43 Å². The van der Waals surface area contributed by atoms with Gasteiger partial charge in [0.25, 0.3) is 0 Å². The Hall–Kier alpha value is -1.96. The number of aromatic nitrogens is 2. The number of Topliss-reactive ketones (excluding diaryl/α,β-unsaturated/α-hetero) is 1. The molecule has 0 fully saturated rings. The van der Waals surface area contributed by atoms with Crippen molar-refractivity contribution in [2.24, 2.45) is 0 Å². The average Bonchev–Trinajstić information content (AvgIpc) is 2.73. The van der Waals surface area contributed by atoms with Crippen molar-refractivity contribution >= 4 is 69.1 Å². The third-order valence-corrected chi connectivity index (χ3v) is 5.95. The number of hydrogen-bond acceptors (Lipinski definition) is 6. The fourth-order valence-corrected chi connectivity index (χ4v) is 4.19. The number of nitrogens with one attached hydrogen (secondary N) is 1. The van der Waals surface area contributed by atoms with Crippen molar-refractivity contribution in [1.82, 2.24) is 14.1 Å². The summed E-state index contributed by atoms with van der Waals surface area (Å²) in [5, 5.41) is 10.0. The van der Waals surface area contributed by atoms with E-state index in [1.807, 2.05) is 0 Å². The number of thiol groups is 1. The molecule has 0 bridgehead atoms. The van der Waals surface area contributed by atoms with Gasteiger partial charge in [-0.1, -0.05) is 39.7 Å². The van der Waals surface area contributed by atoms with Crippen LogP contribution in [0.15, 0.2) is 48.7 Å². The number of carbonyl (C=O) groups is 1. The standard InChI is InChI=1S/C19H12BrCl2F4N4O2S/c20-14(12-7-8-27-18(22)28-12)17(31)9-3-1-6-13(15(9)23)29-30(32,33)16-10(19(24,25)26)4-2-5-11(16)21/h1-8,14,29,32-33H/q+1. The van der Waals surface area contributed by atoms with E-state index < -0.39 is 54.3 Å². The molecular weight excluding hydrogens is 575 g/mol. The quantitative estimate of drug-likeness (QED) is 0.0561. The highest BCUT2D eigenvalue weighted by molar-refractivity contribution is 9.09. The second-order valence-corrected chi connectivity index (χ2v) is 8.73. The Morgan fingerprint density at radius 3 is 2.48 bits per heavy atom. The number of benzene rings is 2. The lowest BCUT2D eigenvalue weighted by molar-refractivity contribution is -0.139. The first kappa shape index (κ1) is 25.7. The van der Waals surface area contributed by atoms with Crippen LogP contribution in [0.1, 0.15) is 26.4 Å². The highest BCUT2D eigenvalue weighted by atomic mass is 79.9. The molecule has 2 atom stereocenters. The number of quaternary nitrogens is 1. The van der Waals surface area contributed by atoms with Gasteiger partial charge in [-0.2, -0.15) is 23.8 Å². The molecule has 2 aromatic carbocycles. The van der Waals surface area contributed by atoms with Gasteiger partial charge in [-0.05, 0) is 41.9 Å². The molecule has 0 spiro atoms. The van der Waals surface area contributed by atoms with Gasteiger partial charge in [-0.15, -0.1) is 0 Å². The molecule has 0 aliphatic rings. The minimum Gasteiger partial charge on any atom is -0.292 e. The van der Waals surface area contributed by atoms with Gasteiger partial charge in [0.05, 0.1) is 11.3 Å². The summed E-state index contributed by atoms with van der Waals surface area (Å²) in [5.74, 6) is -1.92. The van der Waals surface area contributed by atoms with Crippen molar-refractivity contribution in [2.45, 2.75) is 11.0 Å².